The topological polar surface area (TPSA) is 66.0 Å². The minimum Gasteiger partial charge on any atom is -0.486 e. The third-order valence-electron chi connectivity index (χ3n) is 7.29. The number of fused-ring (bicyclic) bond motifs is 1. The van der Waals surface area contributed by atoms with Crippen LogP contribution < -0.4 is 19.5 Å². The summed E-state index contributed by atoms with van der Waals surface area (Å²) in [5.74, 6) is 2.58. The van der Waals surface area contributed by atoms with Gasteiger partial charge < -0.3 is 24.3 Å². The van der Waals surface area contributed by atoms with E-state index in [-0.39, 0.29) is 36.5 Å². The van der Waals surface area contributed by atoms with Crippen molar-refractivity contribution in [3.63, 3.8) is 0 Å². The maximum atomic E-state index is 13.4. The molecule has 0 unspecified atom stereocenters. The first-order valence-electron chi connectivity index (χ1n) is 13.2. The Morgan fingerprint density at radius 3 is 2.42 bits per heavy atom. The molecule has 3 aromatic carbocycles. The van der Waals surface area contributed by atoms with E-state index in [4.69, 9.17) is 18.9 Å². The molecule has 6 nitrogen and oxygen atoms in total. The molecular weight excluding hydrogens is 485 g/mol. The van der Waals surface area contributed by atoms with E-state index in [1.807, 2.05) is 60.7 Å². The summed E-state index contributed by atoms with van der Waals surface area (Å²) in [6.07, 6.45) is 0.709. The van der Waals surface area contributed by atoms with Gasteiger partial charge in [-0.15, -0.1) is 0 Å². The molecule has 0 saturated carbocycles. The normalized spacial score (nSPS) is 22.6. The summed E-state index contributed by atoms with van der Waals surface area (Å²) >= 11 is 0. The molecule has 1 fully saturated rings. The molecule has 3 aromatic rings. The lowest BCUT2D eigenvalue weighted by atomic mass is 9.76. The number of carbonyl (C=O) groups is 1. The summed E-state index contributed by atoms with van der Waals surface area (Å²) in [5, 5.41) is 2.85. The monoisotopic (exact) mass is 519 g/mol. The van der Waals surface area contributed by atoms with Gasteiger partial charge in [-0.3, -0.25) is 4.79 Å². The highest BCUT2D eigenvalue weighted by molar-refractivity contribution is 5.77. The minimum atomic E-state index is -0.250. The van der Waals surface area contributed by atoms with Crippen molar-refractivity contribution in [1.82, 2.24) is 5.32 Å². The predicted octanol–water partition coefficient (Wildman–Crippen LogP) is 5.68. The van der Waals surface area contributed by atoms with Crippen molar-refractivity contribution < 1.29 is 28.1 Å². The van der Waals surface area contributed by atoms with E-state index >= 15 is 0 Å². The molecule has 0 bridgehead atoms. The highest BCUT2D eigenvalue weighted by atomic mass is 19.1. The Morgan fingerprint density at radius 2 is 1.68 bits per heavy atom. The fourth-order valence-electron chi connectivity index (χ4n) is 5.14. The molecule has 2 aliphatic heterocycles. The van der Waals surface area contributed by atoms with E-state index in [1.165, 1.54) is 12.1 Å². The van der Waals surface area contributed by atoms with Crippen LogP contribution in [0.5, 0.6) is 17.2 Å². The van der Waals surface area contributed by atoms with E-state index in [2.05, 4.69) is 19.2 Å². The van der Waals surface area contributed by atoms with Crippen LogP contribution in [0.25, 0.3) is 0 Å². The molecule has 5 rings (SSSR count). The summed E-state index contributed by atoms with van der Waals surface area (Å²) in [7, 11) is 0. The standard InChI is InChI=1S/C31H34FNO5/c1-20(2)27-15-23(21-7-11-24(32)12-8-21)17-37-31(27)22-9-13-25(14-10-22)35-19-30(34)33-16-26-18-36-28-5-3-4-6-29(28)38-26/h3-14,20,23,26-27,31H,15-19H2,1-2H3,(H,33,34)/t23-,26-,27-,31-/m0/s1. The van der Waals surface area contributed by atoms with Gasteiger partial charge in [-0.1, -0.05) is 50.2 Å². The highest BCUT2D eigenvalue weighted by Gasteiger charge is 2.35. The Kier molecular flexibility index (Phi) is 8.13. The number of benzene rings is 3. The second kappa shape index (κ2) is 11.9. The van der Waals surface area contributed by atoms with Crippen LogP contribution in [-0.2, 0) is 9.53 Å². The lowest BCUT2D eigenvalue weighted by Gasteiger charge is -2.39. The smallest absolute Gasteiger partial charge is 0.258 e. The summed E-state index contributed by atoms with van der Waals surface area (Å²) in [6.45, 7) is 5.66. The minimum absolute atomic E-state index is 0.0214. The molecule has 1 N–H and O–H groups in total. The number of ether oxygens (including phenoxy) is 4. The fourth-order valence-corrected chi connectivity index (χ4v) is 5.14. The van der Waals surface area contributed by atoms with Crippen LogP contribution in [0.1, 0.15) is 43.4 Å². The molecule has 2 heterocycles. The Morgan fingerprint density at radius 1 is 0.974 bits per heavy atom. The molecule has 0 radical (unpaired) electrons. The van der Waals surface area contributed by atoms with Crippen molar-refractivity contribution in [2.75, 3.05) is 26.4 Å². The zero-order chi connectivity index (χ0) is 26.5. The molecule has 4 atom stereocenters. The average Bonchev–Trinajstić information content (AvgIpc) is 2.95. The highest BCUT2D eigenvalue weighted by Crippen LogP contribution is 2.43. The zero-order valence-electron chi connectivity index (χ0n) is 21.8. The van der Waals surface area contributed by atoms with Crippen LogP contribution in [0.3, 0.4) is 0 Å². The molecule has 0 aliphatic carbocycles. The van der Waals surface area contributed by atoms with Crippen LogP contribution in [0.2, 0.25) is 0 Å². The summed E-state index contributed by atoms with van der Waals surface area (Å²) in [6, 6.07) is 22.0. The van der Waals surface area contributed by atoms with Crippen LogP contribution in [-0.4, -0.2) is 38.4 Å². The first-order chi connectivity index (χ1) is 18.5. The fraction of sp³-hybridized carbons (Fsp3) is 0.387. The van der Waals surface area contributed by atoms with Gasteiger partial charge in [-0.25, -0.2) is 4.39 Å². The molecule has 7 heteroatoms. The van der Waals surface area contributed by atoms with Gasteiger partial charge in [-0.05, 0) is 65.8 Å². The quantitative estimate of drug-likeness (QED) is 0.415. The third-order valence-corrected chi connectivity index (χ3v) is 7.29. The maximum Gasteiger partial charge on any atom is 0.258 e. The molecule has 1 saturated heterocycles. The molecular formula is C31H34FNO5. The summed E-state index contributed by atoms with van der Waals surface area (Å²) in [4.78, 5) is 12.3. The Labute approximate surface area is 223 Å². The maximum absolute atomic E-state index is 13.4. The van der Waals surface area contributed by atoms with E-state index in [0.717, 1.165) is 17.5 Å². The van der Waals surface area contributed by atoms with Crippen molar-refractivity contribution in [2.24, 2.45) is 11.8 Å². The van der Waals surface area contributed by atoms with Gasteiger partial charge in [0.2, 0.25) is 0 Å². The second-order valence-electron chi connectivity index (χ2n) is 10.3. The van der Waals surface area contributed by atoms with Gasteiger partial charge in [0.25, 0.3) is 5.91 Å². The van der Waals surface area contributed by atoms with Gasteiger partial charge in [-0.2, -0.15) is 0 Å². The van der Waals surface area contributed by atoms with Crippen molar-refractivity contribution >= 4 is 5.91 Å². The first-order valence-corrected chi connectivity index (χ1v) is 13.2. The first kappa shape index (κ1) is 26.0. The number of nitrogens with one attached hydrogen (secondary N) is 1. The lowest BCUT2D eigenvalue weighted by Crippen LogP contribution is -2.42. The molecule has 0 spiro atoms. The van der Waals surface area contributed by atoms with Crippen molar-refractivity contribution in [3.8, 4) is 17.2 Å². The van der Waals surface area contributed by atoms with Crippen LogP contribution >= 0.6 is 0 Å². The van der Waals surface area contributed by atoms with Gasteiger partial charge in [0.05, 0.1) is 19.3 Å². The number of para-hydroxylation sites is 2. The number of hydrogen-bond acceptors (Lipinski definition) is 5. The number of carbonyl (C=O) groups excluding carboxylic acids is 1. The molecule has 200 valence electrons. The molecule has 38 heavy (non-hydrogen) atoms. The van der Waals surface area contributed by atoms with Crippen LogP contribution in [0.15, 0.2) is 72.8 Å². The van der Waals surface area contributed by atoms with Crippen LogP contribution in [0.4, 0.5) is 4.39 Å². The molecule has 1 amide bonds. The van der Waals surface area contributed by atoms with Crippen molar-refractivity contribution in [1.29, 1.82) is 0 Å². The van der Waals surface area contributed by atoms with Gasteiger partial charge in [0, 0.05) is 5.92 Å². The van der Waals surface area contributed by atoms with Gasteiger partial charge >= 0.3 is 0 Å². The number of halogens is 1. The zero-order valence-corrected chi connectivity index (χ0v) is 21.8. The van der Waals surface area contributed by atoms with Gasteiger partial charge in [0.1, 0.15) is 24.3 Å². The molecule has 2 aliphatic rings. The van der Waals surface area contributed by atoms with E-state index in [0.29, 0.717) is 48.8 Å². The van der Waals surface area contributed by atoms with Crippen molar-refractivity contribution in [3.05, 3.63) is 89.7 Å². The number of hydrogen-bond donors (Lipinski definition) is 1. The SMILES string of the molecule is CC(C)[C@@H]1C[C@H](c2ccc(F)cc2)CO[C@H]1c1ccc(OCC(=O)NC[C@H]2COc3ccccc3O2)cc1. The van der Waals surface area contributed by atoms with E-state index in [1.54, 1.807) is 0 Å². The van der Waals surface area contributed by atoms with Crippen LogP contribution in [0, 0.1) is 17.7 Å². The Balaban J connectivity index is 1.11. The number of amides is 1. The average molecular weight is 520 g/mol. The third kappa shape index (κ3) is 6.27. The Bertz CT molecular complexity index is 1210. The molecule has 0 aromatic heterocycles. The predicted molar refractivity (Wildman–Crippen MR) is 142 cm³/mol. The van der Waals surface area contributed by atoms with Crippen molar-refractivity contribution in [2.45, 2.75) is 38.4 Å². The summed E-state index contributed by atoms with van der Waals surface area (Å²) in [5.41, 5.74) is 2.21. The second-order valence-corrected chi connectivity index (χ2v) is 10.3. The van der Waals surface area contributed by atoms with E-state index < -0.39 is 0 Å². The lowest BCUT2D eigenvalue weighted by molar-refractivity contribution is -0.123. The number of rotatable bonds is 8. The Hall–Kier alpha value is -3.58. The summed E-state index contributed by atoms with van der Waals surface area (Å²) < 4.78 is 37.0. The van der Waals surface area contributed by atoms with Gasteiger partial charge in [0.15, 0.2) is 18.1 Å². The van der Waals surface area contributed by atoms with E-state index in [9.17, 15) is 9.18 Å². The largest absolute Gasteiger partial charge is 0.486 e.